The number of likely N-dealkylation sites (tertiary alicyclic amines) is 1. The molecule has 1 aliphatic rings. The van der Waals surface area contributed by atoms with Gasteiger partial charge in [-0.3, -0.25) is 9.69 Å². The number of furan rings is 1. The molecule has 3 heterocycles. The van der Waals surface area contributed by atoms with E-state index in [2.05, 4.69) is 14.8 Å². The van der Waals surface area contributed by atoms with E-state index >= 15 is 0 Å². The number of nitrogens with one attached hydrogen (secondary N) is 1. The molecule has 2 unspecified atom stereocenters. The van der Waals surface area contributed by atoms with E-state index in [9.17, 15) is 14.3 Å². The Morgan fingerprint density at radius 2 is 1.75 bits per heavy atom. The number of aliphatic hydroxyl groups is 1. The largest absolute Gasteiger partial charge is 0.493 e. The lowest BCUT2D eigenvalue weighted by Gasteiger charge is -2.37. The number of likely N-dealkylation sites (N-methyl/N-ethyl adjacent to an activating group) is 1. The van der Waals surface area contributed by atoms with Crippen molar-refractivity contribution in [2.45, 2.75) is 50.9 Å². The first-order valence-electron chi connectivity index (χ1n) is 17.3. The molecule has 5 aromatic rings. The van der Waals surface area contributed by atoms with Crippen molar-refractivity contribution in [1.29, 1.82) is 0 Å². The lowest BCUT2D eigenvalue weighted by molar-refractivity contribution is 0.0778. The predicted octanol–water partition coefficient (Wildman–Crippen LogP) is 6.50. The molecule has 1 fully saturated rings. The standard InChI is InChI=1S/C39H46FN5O6/c1-43(38(47)28-21-34(48-2)37(50-4)35(22-28)49-3)23-27(26-12-14-29(40)15-13-26)18-20-44-19-8-7-11-36(44)42-39-41-32-9-5-6-10-33(32)45(39)24-30-16-17-31(25-46)51-30/h5-6,9-10,12-17,21-22,27,36,46H,7-8,11,18-20,23-25H2,1-4H3,(H,41,42). The lowest BCUT2D eigenvalue weighted by Crippen LogP contribution is -2.46. The van der Waals surface area contributed by atoms with E-state index in [0.29, 0.717) is 41.7 Å². The molecule has 12 heteroatoms. The molecule has 1 amide bonds. The summed E-state index contributed by atoms with van der Waals surface area (Å²) in [7, 11) is 6.34. The highest BCUT2D eigenvalue weighted by molar-refractivity contribution is 5.95. The summed E-state index contributed by atoms with van der Waals surface area (Å²) in [6, 6.07) is 21.6. The first-order chi connectivity index (χ1) is 24.8. The summed E-state index contributed by atoms with van der Waals surface area (Å²) >= 11 is 0. The number of carbonyl (C=O) groups excluding carboxylic acids is 1. The molecule has 1 saturated heterocycles. The molecule has 3 aromatic carbocycles. The van der Waals surface area contributed by atoms with Gasteiger partial charge in [-0.1, -0.05) is 24.3 Å². The number of halogens is 1. The van der Waals surface area contributed by atoms with E-state index in [4.69, 9.17) is 23.6 Å². The molecule has 0 radical (unpaired) electrons. The first-order valence-corrected chi connectivity index (χ1v) is 17.3. The zero-order valence-corrected chi connectivity index (χ0v) is 29.6. The lowest BCUT2D eigenvalue weighted by atomic mass is 9.94. The number of benzene rings is 3. The van der Waals surface area contributed by atoms with Gasteiger partial charge >= 0.3 is 0 Å². The van der Waals surface area contributed by atoms with Gasteiger partial charge in [0.15, 0.2) is 11.5 Å². The zero-order chi connectivity index (χ0) is 35.9. The number of aliphatic hydroxyl groups excluding tert-OH is 1. The van der Waals surface area contributed by atoms with Gasteiger partial charge in [0.05, 0.1) is 45.1 Å². The molecule has 1 aliphatic heterocycles. The van der Waals surface area contributed by atoms with Gasteiger partial charge in [0.1, 0.15) is 23.9 Å². The molecule has 0 saturated carbocycles. The highest BCUT2D eigenvalue weighted by Crippen LogP contribution is 2.38. The van der Waals surface area contributed by atoms with Crippen LogP contribution in [-0.4, -0.2) is 84.5 Å². The van der Waals surface area contributed by atoms with Gasteiger partial charge in [0.2, 0.25) is 11.7 Å². The second kappa shape index (κ2) is 16.3. The van der Waals surface area contributed by atoms with Crippen molar-refractivity contribution >= 4 is 22.9 Å². The highest BCUT2D eigenvalue weighted by Gasteiger charge is 2.27. The number of aromatic nitrogens is 2. The minimum atomic E-state index is -0.301. The maximum absolute atomic E-state index is 14.0. The molecule has 6 rings (SSSR count). The third-order valence-corrected chi connectivity index (χ3v) is 9.61. The number of hydrogen-bond donors (Lipinski definition) is 2. The number of fused-ring (bicyclic) bond motifs is 1. The molecule has 0 spiro atoms. The topological polar surface area (TPSA) is 114 Å². The monoisotopic (exact) mass is 699 g/mol. The predicted molar refractivity (Wildman–Crippen MR) is 193 cm³/mol. The molecule has 2 N–H and O–H groups in total. The van der Waals surface area contributed by atoms with Crippen LogP contribution < -0.4 is 19.5 Å². The van der Waals surface area contributed by atoms with Crippen molar-refractivity contribution in [3.8, 4) is 17.2 Å². The number of nitrogens with zero attached hydrogens (tertiary/aromatic N) is 4. The van der Waals surface area contributed by atoms with Crippen LogP contribution in [0.15, 0.2) is 77.2 Å². The highest BCUT2D eigenvalue weighted by atomic mass is 19.1. The molecular formula is C39H46FN5O6. The van der Waals surface area contributed by atoms with Crippen LogP contribution in [0.1, 0.15) is 59.0 Å². The molecule has 11 nitrogen and oxygen atoms in total. The van der Waals surface area contributed by atoms with Crippen LogP contribution in [-0.2, 0) is 13.2 Å². The van der Waals surface area contributed by atoms with Crippen LogP contribution in [0.5, 0.6) is 17.2 Å². The number of para-hydroxylation sites is 2. The van der Waals surface area contributed by atoms with Crippen LogP contribution in [0, 0.1) is 5.82 Å². The average molecular weight is 700 g/mol. The number of anilines is 1. The average Bonchev–Trinajstić information content (AvgIpc) is 3.77. The SMILES string of the molecule is COc1cc(C(=O)N(C)CC(CCN2CCCCC2Nc2nc3ccccc3n2Cc2ccc(CO)o2)c2ccc(F)cc2)cc(OC)c1OC. The molecular weight excluding hydrogens is 653 g/mol. The van der Waals surface area contributed by atoms with Gasteiger partial charge in [-0.2, -0.15) is 0 Å². The number of ether oxygens (including phenoxy) is 3. The van der Waals surface area contributed by atoms with E-state index in [1.807, 2.05) is 42.5 Å². The van der Waals surface area contributed by atoms with Crippen molar-refractivity contribution in [3.05, 3.63) is 101 Å². The van der Waals surface area contributed by atoms with Crippen LogP contribution in [0.2, 0.25) is 0 Å². The van der Waals surface area contributed by atoms with Crippen LogP contribution >= 0.6 is 0 Å². The minimum Gasteiger partial charge on any atom is -0.493 e. The zero-order valence-electron chi connectivity index (χ0n) is 29.6. The maximum atomic E-state index is 14.0. The summed E-state index contributed by atoms with van der Waals surface area (Å²) in [4.78, 5) is 22.9. The quantitative estimate of drug-likeness (QED) is 0.126. The third-order valence-electron chi connectivity index (χ3n) is 9.61. The molecule has 2 atom stereocenters. The summed E-state index contributed by atoms with van der Waals surface area (Å²) in [6.45, 7) is 2.40. The van der Waals surface area contributed by atoms with E-state index < -0.39 is 0 Å². The number of amides is 1. The van der Waals surface area contributed by atoms with Crippen LogP contribution in [0.4, 0.5) is 10.3 Å². The Bertz CT molecular complexity index is 1900. The van der Waals surface area contributed by atoms with Crippen molar-refractivity contribution in [2.75, 3.05) is 53.3 Å². The molecule has 0 aliphatic carbocycles. The summed E-state index contributed by atoms with van der Waals surface area (Å²) in [5, 5.41) is 13.3. The molecule has 2 aromatic heterocycles. The van der Waals surface area contributed by atoms with Crippen molar-refractivity contribution < 1.29 is 32.9 Å². The number of hydrogen-bond acceptors (Lipinski definition) is 9. The fraction of sp³-hybridized carbons (Fsp3) is 0.385. The van der Waals surface area contributed by atoms with Gasteiger partial charge < -0.3 is 38.5 Å². The Morgan fingerprint density at radius 3 is 2.43 bits per heavy atom. The van der Waals surface area contributed by atoms with Gasteiger partial charge in [0.25, 0.3) is 5.91 Å². The Kier molecular flexibility index (Phi) is 11.4. The van der Waals surface area contributed by atoms with Gasteiger partial charge in [-0.05, 0) is 79.8 Å². The number of imidazole rings is 1. The third kappa shape index (κ3) is 8.13. The van der Waals surface area contributed by atoms with E-state index in [-0.39, 0.29) is 30.4 Å². The fourth-order valence-corrected chi connectivity index (χ4v) is 6.92. The normalized spacial score (nSPS) is 15.5. The number of methoxy groups -OCH3 is 3. The first kappa shape index (κ1) is 35.7. The minimum absolute atomic E-state index is 0.0337. The summed E-state index contributed by atoms with van der Waals surface area (Å²) in [5.74, 6) is 2.67. The van der Waals surface area contributed by atoms with Crippen molar-refractivity contribution in [3.63, 3.8) is 0 Å². The van der Waals surface area contributed by atoms with E-state index in [1.54, 1.807) is 30.1 Å². The Balaban J connectivity index is 1.21. The second-order valence-corrected chi connectivity index (χ2v) is 12.9. The Labute approximate surface area is 297 Å². The van der Waals surface area contributed by atoms with Gasteiger partial charge in [0, 0.05) is 38.2 Å². The van der Waals surface area contributed by atoms with E-state index in [0.717, 1.165) is 67.1 Å². The van der Waals surface area contributed by atoms with Crippen molar-refractivity contribution in [1.82, 2.24) is 19.4 Å². The summed E-state index contributed by atoms with van der Waals surface area (Å²) in [6.07, 6.45) is 3.88. The molecule has 51 heavy (non-hydrogen) atoms. The number of piperidine rings is 1. The number of carbonyl (C=O) groups is 1. The van der Waals surface area contributed by atoms with Gasteiger partial charge in [-0.25, -0.2) is 9.37 Å². The Hall–Kier alpha value is -5.07. The van der Waals surface area contributed by atoms with Crippen LogP contribution in [0.3, 0.4) is 0 Å². The Morgan fingerprint density at radius 1 is 1.02 bits per heavy atom. The van der Waals surface area contributed by atoms with E-state index in [1.165, 1.54) is 33.5 Å². The summed E-state index contributed by atoms with van der Waals surface area (Å²) in [5.41, 5.74) is 3.24. The van der Waals surface area contributed by atoms with Gasteiger partial charge in [-0.15, -0.1) is 0 Å². The maximum Gasteiger partial charge on any atom is 0.253 e. The second-order valence-electron chi connectivity index (χ2n) is 12.9. The van der Waals surface area contributed by atoms with Crippen molar-refractivity contribution in [2.24, 2.45) is 0 Å². The van der Waals surface area contributed by atoms with Crippen LogP contribution in [0.25, 0.3) is 11.0 Å². The number of rotatable bonds is 15. The molecule has 0 bridgehead atoms. The molecule has 270 valence electrons. The smallest absolute Gasteiger partial charge is 0.253 e. The fourth-order valence-electron chi connectivity index (χ4n) is 6.92. The summed E-state index contributed by atoms with van der Waals surface area (Å²) < 4.78 is 38.4.